The lowest BCUT2D eigenvalue weighted by Gasteiger charge is -2.19. The first-order valence-corrected chi connectivity index (χ1v) is 6.28. The van der Waals surface area contributed by atoms with Gasteiger partial charge in [0.1, 0.15) is 0 Å². The Bertz CT molecular complexity index is 461. The van der Waals surface area contributed by atoms with Crippen LogP contribution in [-0.4, -0.2) is 28.9 Å². The molecule has 98 valence electrons. The highest BCUT2D eigenvalue weighted by molar-refractivity contribution is 9.10. The summed E-state index contributed by atoms with van der Waals surface area (Å²) in [5.41, 5.74) is 0.328. The summed E-state index contributed by atoms with van der Waals surface area (Å²) in [6.07, 6.45) is 0. The molecule has 1 aromatic carbocycles. The Morgan fingerprint density at radius 1 is 1.44 bits per heavy atom. The molecule has 0 aliphatic rings. The molecule has 0 saturated heterocycles. The smallest absolute Gasteiger partial charge is 0.321 e. The molecule has 0 aliphatic heterocycles. The van der Waals surface area contributed by atoms with Gasteiger partial charge in [-0.05, 0) is 35.8 Å². The van der Waals surface area contributed by atoms with Crippen LogP contribution in [0.15, 0.2) is 22.7 Å². The minimum absolute atomic E-state index is 0.0620. The van der Waals surface area contributed by atoms with Gasteiger partial charge < -0.3 is 10.2 Å². The second-order valence-electron chi connectivity index (χ2n) is 3.52. The van der Waals surface area contributed by atoms with Gasteiger partial charge >= 0.3 is 6.03 Å². The van der Waals surface area contributed by atoms with Crippen molar-refractivity contribution in [2.45, 2.75) is 13.8 Å². The van der Waals surface area contributed by atoms with Crippen LogP contribution in [0, 0.1) is 10.1 Å². The molecule has 0 saturated carbocycles. The summed E-state index contributed by atoms with van der Waals surface area (Å²) in [4.78, 5) is 23.6. The number of nitrogens with zero attached hydrogens (tertiary/aromatic N) is 2. The van der Waals surface area contributed by atoms with Crippen LogP contribution in [0.25, 0.3) is 0 Å². The Hall–Kier alpha value is -1.63. The van der Waals surface area contributed by atoms with Crippen LogP contribution < -0.4 is 5.32 Å². The molecule has 0 spiro atoms. The maximum Gasteiger partial charge on any atom is 0.321 e. The van der Waals surface area contributed by atoms with Crippen molar-refractivity contribution in [3.63, 3.8) is 0 Å². The van der Waals surface area contributed by atoms with Gasteiger partial charge in [-0.1, -0.05) is 0 Å². The highest BCUT2D eigenvalue weighted by Gasteiger charge is 2.14. The molecule has 0 heterocycles. The molecule has 0 fully saturated rings. The number of rotatable bonds is 4. The largest absolute Gasteiger partial charge is 0.325 e. The van der Waals surface area contributed by atoms with Crippen molar-refractivity contribution in [3.8, 4) is 0 Å². The molecule has 1 N–H and O–H groups in total. The SMILES string of the molecule is CCN(CC)C(=O)Nc1cc([N+](=O)[O-])ccc1Br. The minimum Gasteiger partial charge on any atom is -0.325 e. The summed E-state index contributed by atoms with van der Waals surface area (Å²) in [5.74, 6) is 0. The number of non-ortho nitro benzene ring substituents is 1. The number of anilines is 1. The number of nitro benzene ring substituents is 1. The van der Waals surface area contributed by atoms with E-state index in [9.17, 15) is 14.9 Å². The summed E-state index contributed by atoms with van der Waals surface area (Å²) in [6.45, 7) is 4.89. The maximum atomic E-state index is 11.8. The molecule has 0 atom stereocenters. The van der Waals surface area contributed by atoms with E-state index in [-0.39, 0.29) is 11.7 Å². The van der Waals surface area contributed by atoms with E-state index in [1.807, 2.05) is 13.8 Å². The predicted molar refractivity (Wildman–Crippen MR) is 72.7 cm³/mol. The highest BCUT2D eigenvalue weighted by Crippen LogP contribution is 2.27. The van der Waals surface area contributed by atoms with Crippen molar-refractivity contribution in [1.29, 1.82) is 0 Å². The van der Waals surface area contributed by atoms with Crippen molar-refractivity contribution < 1.29 is 9.72 Å². The fraction of sp³-hybridized carbons (Fsp3) is 0.364. The first-order chi connectivity index (χ1) is 8.49. The fourth-order valence-electron chi connectivity index (χ4n) is 1.43. The zero-order chi connectivity index (χ0) is 13.7. The lowest BCUT2D eigenvalue weighted by molar-refractivity contribution is -0.384. The first kappa shape index (κ1) is 14.4. The van der Waals surface area contributed by atoms with Gasteiger partial charge in [0, 0.05) is 29.7 Å². The van der Waals surface area contributed by atoms with E-state index in [4.69, 9.17) is 0 Å². The van der Waals surface area contributed by atoms with E-state index in [1.54, 1.807) is 4.90 Å². The molecule has 18 heavy (non-hydrogen) atoms. The van der Waals surface area contributed by atoms with Crippen LogP contribution in [0.3, 0.4) is 0 Å². The summed E-state index contributed by atoms with van der Waals surface area (Å²) in [5, 5.41) is 13.3. The Labute approximate surface area is 113 Å². The average molecular weight is 316 g/mol. The Balaban J connectivity index is 2.93. The number of hydrogen-bond donors (Lipinski definition) is 1. The Kier molecular flexibility index (Phi) is 5.08. The first-order valence-electron chi connectivity index (χ1n) is 5.49. The quantitative estimate of drug-likeness (QED) is 0.684. The predicted octanol–water partition coefficient (Wildman–Crippen LogP) is 3.23. The lowest BCUT2D eigenvalue weighted by atomic mass is 10.3. The molecule has 6 nitrogen and oxygen atoms in total. The standard InChI is InChI=1S/C11H14BrN3O3/c1-3-14(4-2)11(16)13-10-7-8(15(17)18)5-6-9(10)12/h5-7H,3-4H2,1-2H3,(H,13,16). The summed E-state index contributed by atoms with van der Waals surface area (Å²) < 4.78 is 0.605. The molecule has 0 unspecified atom stereocenters. The van der Waals surface area contributed by atoms with Crippen molar-refractivity contribution in [3.05, 3.63) is 32.8 Å². The molecule has 0 radical (unpaired) electrons. The topological polar surface area (TPSA) is 75.5 Å². The van der Waals surface area contributed by atoms with Crippen LogP contribution in [0.1, 0.15) is 13.8 Å². The summed E-state index contributed by atoms with van der Waals surface area (Å²) >= 11 is 3.25. The van der Waals surface area contributed by atoms with Crippen molar-refractivity contribution in [2.24, 2.45) is 0 Å². The number of hydrogen-bond acceptors (Lipinski definition) is 3. The third kappa shape index (κ3) is 3.43. The number of halogens is 1. The van der Waals surface area contributed by atoms with E-state index < -0.39 is 4.92 Å². The molecule has 1 rings (SSSR count). The van der Waals surface area contributed by atoms with Crippen LogP contribution in [0.2, 0.25) is 0 Å². The molecule has 2 amide bonds. The van der Waals surface area contributed by atoms with E-state index in [0.717, 1.165) is 0 Å². The zero-order valence-corrected chi connectivity index (χ0v) is 11.7. The molecule has 0 aromatic heterocycles. The number of urea groups is 1. The number of carbonyl (C=O) groups excluding carboxylic acids is 1. The normalized spacial score (nSPS) is 9.94. The van der Waals surface area contributed by atoms with Crippen LogP contribution in [-0.2, 0) is 0 Å². The van der Waals surface area contributed by atoms with Gasteiger partial charge in [0.05, 0.1) is 10.6 Å². The number of amides is 2. The van der Waals surface area contributed by atoms with Crippen molar-refractivity contribution >= 4 is 33.3 Å². The summed E-state index contributed by atoms with van der Waals surface area (Å²) in [6, 6.07) is 3.96. The highest BCUT2D eigenvalue weighted by atomic mass is 79.9. The van der Waals surface area contributed by atoms with E-state index >= 15 is 0 Å². The number of nitro groups is 1. The van der Waals surface area contributed by atoms with E-state index in [1.165, 1.54) is 18.2 Å². The fourth-order valence-corrected chi connectivity index (χ4v) is 1.77. The third-order valence-corrected chi connectivity index (χ3v) is 3.14. The molecule has 0 aliphatic carbocycles. The second-order valence-corrected chi connectivity index (χ2v) is 4.38. The van der Waals surface area contributed by atoms with E-state index in [2.05, 4.69) is 21.2 Å². The molecule has 1 aromatic rings. The third-order valence-electron chi connectivity index (χ3n) is 2.45. The zero-order valence-electron chi connectivity index (χ0n) is 10.1. The number of benzene rings is 1. The van der Waals surface area contributed by atoms with Crippen molar-refractivity contribution in [1.82, 2.24) is 4.90 Å². The van der Waals surface area contributed by atoms with Gasteiger partial charge in [0.25, 0.3) is 5.69 Å². The van der Waals surface area contributed by atoms with Crippen LogP contribution in [0.4, 0.5) is 16.2 Å². The van der Waals surface area contributed by atoms with Gasteiger partial charge in [0.15, 0.2) is 0 Å². The lowest BCUT2D eigenvalue weighted by Crippen LogP contribution is -2.34. The van der Waals surface area contributed by atoms with Gasteiger partial charge in [-0.2, -0.15) is 0 Å². The van der Waals surface area contributed by atoms with Crippen molar-refractivity contribution in [2.75, 3.05) is 18.4 Å². The van der Waals surface area contributed by atoms with E-state index in [0.29, 0.717) is 23.2 Å². The Morgan fingerprint density at radius 2 is 2.06 bits per heavy atom. The molecular formula is C11H14BrN3O3. The molecule has 0 bridgehead atoms. The monoisotopic (exact) mass is 315 g/mol. The van der Waals surface area contributed by atoms with Crippen LogP contribution in [0.5, 0.6) is 0 Å². The number of nitrogens with one attached hydrogen (secondary N) is 1. The van der Waals surface area contributed by atoms with Gasteiger partial charge in [-0.25, -0.2) is 4.79 Å². The molecule has 7 heteroatoms. The second kappa shape index (κ2) is 6.34. The van der Waals surface area contributed by atoms with Crippen LogP contribution >= 0.6 is 15.9 Å². The summed E-state index contributed by atoms with van der Waals surface area (Å²) in [7, 11) is 0. The molecular weight excluding hydrogens is 302 g/mol. The van der Waals surface area contributed by atoms with Gasteiger partial charge in [-0.3, -0.25) is 10.1 Å². The van der Waals surface area contributed by atoms with Gasteiger partial charge in [0.2, 0.25) is 0 Å². The number of carbonyl (C=O) groups is 1. The average Bonchev–Trinajstić information content (AvgIpc) is 2.33. The minimum atomic E-state index is -0.500. The Morgan fingerprint density at radius 3 is 2.56 bits per heavy atom. The maximum absolute atomic E-state index is 11.8. The van der Waals surface area contributed by atoms with Gasteiger partial charge in [-0.15, -0.1) is 0 Å².